The number of furan rings is 1. The van der Waals surface area contributed by atoms with Crippen LogP contribution in [0.25, 0.3) is 10.2 Å². The lowest BCUT2D eigenvalue weighted by molar-refractivity contribution is -0.858. The second kappa shape index (κ2) is 9.01. The van der Waals surface area contributed by atoms with Gasteiger partial charge in [-0.15, -0.1) is 0 Å². The van der Waals surface area contributed by atoms with Gasteiger partial charge in [0.05, 0.1) is 43.5 Å². The molecule has 3 aromatic rings. The lowest BCUT2D eigenvalue weighted by atomic mass is 10.3. The van der Waals surface area contributed by atoms with Crippen molar-refractivity contribution < 1.29 is 23.8 Å². The van der Waals surface area contributed by atoms with Gasteiger partial charge in [0.2, 0.25) is 0 Å². The monoisotopic (exact) mass is 419 g/mol. The minimum absolute atomic E-state index is 0.0804. The SMILES string of the molecule is CCOc1ccc2nc(N(CCC[NH+](C)C)C(=O)c3ccc([N+](=O)[O-])o3)sc2c1. The molecule has 0 bridgehead atoms. The number of nitrogens with one attached hydrogen (secondary N) is 1. The van der Waals surface area contributed by atoms with Crippen LogP contribution in [0.3, 0.4) is 0 Å². The van der Waals surface area contributed by atoms with Crippen molar-refractivity contribution in [2.75, 3.05) is 38.7 Å². The zero-order valence-electron chi connectivity index (χ0n) is 16.5. The molecule has 9 nitrogen and oxygen atoms in total. The maximum absolute atomic E-state index is 13.0. The zero-order valence-corrected chi connectivity index (χ0v) is 17.3. The van der Waals surface area contributed by atoms with E-state index in [-0.39, 0.29) is 5.76 Å². The number of aromatic nitrogens is 1. The molecule has 0 saturated carbocycles. The summed E-state index contributed by atoms with van der Waals surface area (Å²) in [5.41, 5.74) is 0.759. The molecule has 0 atom stereocenters. The number of nitro groups is 1. The molecule has 1 N–H and O–H groups in total. The number of benzene rings is 1. The number of rotatable bonds is 9. The highest BCUT2D eigenvalue weighted by atomic mass is 32.1. The highest BCUT2D eigenvalue weighted by molar-refractivity contribution is 7.22. The summed E-state index contributed by atoms with van der Waals surface area (Å²) in [5.74, 6) is -0.248. The Labute approximate surface area is 171 Å². The Balaban J connectivity index is 1.92. The number of hydrogen-bond acceptors (Lipinski definition) is 7. The van der Waals surface area contributed by atoms with Crippen LogP contribution in [0.5, 0.6) is 5.75 Å². The van der Waals surface area contributed by atoms with Crippen LogP contribution in [0.2, 0.25) is 0 Å². The maximum atomic E-state index is 13.0. The predicted octanol–water partition coefficient (Wildman–Crippen LogP) is 2.38. The average molecular weight is 419 g/mol. The first kappa shape index (κ1) is 20.7. The first-order chi connectivity index (χ1) is 13.9. The number of ether oxygens (including phenoxy) is 1. The van der Waals surface area contributed by atoms with Crippen LogP contribution in [0.4, 0.5) is 11.0 Å². The number of fused-ring (bicyclic) bond motifs is 1. The second-order valence-corrected chi connectivity index (χ2v) is 7.73. The van der Waals surface area contributed by atoms with E-state index in [1.54, 1.807) is 0 Å². The minimum Gasteiger partial charge on any atom is -0.494 e. The van der Waals surface area contributed by atoms with Crippen LogP contribution in [-0.4, -0.2) is 49.6 Å². The molecule has 10 heteroatoms. The summed E-state index contributed by atoms with van der Waals surface area (Å²) in [7, 11) is 4.07. The van der Waals surface area contributed by atoms with Crippen LogP contribution < -0.4 is 14.5 Å². The van der Waals surface area contributed by atoms with Crippen LogP contribution in [-0.2, 0) is 0 Å². The highest BCUT2D eigenvalue weighted by Gasteiger charge is 2.26. The molecule has 0 fully saturated rings. The molecule has 0 saturated heterocycles. The third-order valence-corrected chi connectivity index (χ3v) is 5.22. The van der Waals surface area contributed by atoms with Gasteiger partial charge in [0.15, 0.2) is 10.9 Å². The molecule has 29 heavy (non-hydrogen) atoms. The van der Waals surface area contributed by atoms with E-state index in [4.69, 9.17) is 9.15 Å². The van der Waals surface area contributed by atoms with Crippen molar-refractivity contribution in [3.8, 4) is 5.75 Å². The number of amides is 1. The van der Waals surface area contributed by atoms with Gasteiger partial charge >= 0.3 is 5.88 Å². The molecule has 0 aliphatic carbocycles. The maximum Gasteiger partial charge on any atom is 0.433 e. The molecular formula is C19H23N4O5S+. The first-order valence-electron chi connectivity index (χ1n) is 9.27. The van der Waals surface area contributed by atoms with Gasteiger partial charge in [-0.05, 0) is 31.2 Å². The lowest BCUT2D eigenvalue weighted by Crippen LogP contribution is -3.05. The molecule has 0 radical (unpaired) electrons. The van der Waals surface area contributed by atoms with E-state index in [0.717, 1.165) is 28.9 Å². The quantitative estimate of drug-likeness (QED) is 0.422. The molecule has 0 unspecified atom stereocenters. The van der Waals surface area contributed by atoms with Crippen LogP contribution in [0.1, 0.15) is 23.9 Å². The molecule has 0 aliphatic rings. The number of carbonyl (C=O) groups excluding carboxylic acids is 1. The van der Waals surface area contributed by atoms with Gasteiger partial charge in [0.25, 0.3) is 5.91 Å². The number of hydrogen-bond donors (Lipinski definition) is 1. The molecule has 2 heterocycles. The van der Waals surface area contributed by atoms with Crippen molar-refractivity contribution in [2.24, 2.45) is 0 Å². The van der Waals surface area contributed by atoms with Crippen molar-refractivity contribution in [1.82, 2.24) is 4.98 Å². The molecular weight excluding hydrogens is 396 g/mol. The normalized spacial score (nSPS) is 11.2. The second-order valence-electron chi connectivity index (χ2n) is 6.72. The van der Waals surface area contributed by atoms with Gasteiger partial charge < -0.3 is 14.1 Å². The van der Waals surface area contributed by atoms with Crippen molar-refractivity contribution in [2.45, 2.75) is 13.3 Å². The molecule has 0 spiro atoms. The van der Waals surface area contributed by atoms with Gasteiger partial charge in [0, 0.05) is 13.0 Å². The van der Waals surface area contributed by atoms with Crippen molar-refractivity contribution >= 4 is 38.5 Å². The summed E-state index contributed by atoms with van der Waals surface area (Å²) >= 11 is 1.37. The number of anilines is 1. The Morgan fingerprint density at radius 3 is 2.79 bits per heavy atom. The Kier molecular flexibility index (Phi) is 6.45. The molecule has 154 valence electrons. The number of nitrogens with zero attached hydrogens (tertiary/aromatic N) is 3. The van der Waals surface area contributed by atoms with Gasteiger partial charge in [-0.3, -0.25) is 19.8 Å². The Bertz CT molecular complexity index is 1010. The van der Waals surface area contributed by atoms with Crippen molar-refractivity contribution in [1.29, 1.82) is 0 Å². The van der Waals surface area contributed by atoms with E-state index in [9.17, 15) is 14.9 Å². The average Bonchev–Trinajstić information content (AvgIpc) is 3.31. The van der Waals surface area contributed by atoms with E-state index in [1.807, 2.05) is 39.2 Å². The van der Waals surface area contributed by atoms with Crippen molar-refractivity contribution in [3.05, 3.63) is 46.2 Å². The smallest absolute Gasteiger partial charge is 0.433 e. The largest absolute Gasteiger partial charge is 0.494 e. The van der Waals surface area contributed by atoms with E-state index in [1.165, 1.54) is 33.3 Å². The van der Waals surface area contributed by atoms with Gasteiger partial charge in [0.1, 0.15) is 10.7 Å². The topological polar surface area (TPSA) is 103 Å². The van der Waals surface area contributed by atoms with Gasteiger partial charge in [-0.2, -0.15) is 0 Å². The van der Waals surface area contributed by atoms with Crippen LogP contribution in [0.15, 0.2) is 34.7 Å². The predicted molar refractivity (Wildman–Crippen MR) is 110 cm³/mol. The summed E-state index contributed by atoms with van der Waals surface area (Å²) < 4.78 is 11.6. The summed E-state index contributed by atoms with van der Waals surface area (Å²) in [5, 5.41) is 11.4. The van der Waals surface area contributed by atoms with Gasteiger partial charge in [-0.25, -0.2) is 4.98 Å². The molecule has 1 amide bonds. The van der Waals surface area contributed by atoms with Crippen LogP contribution in [0, 0.1) is 10.1 Å². The molecule has 0 aliphatic heterocycles. The molecule has 3 rings (SSSR count). The van der Waals surface area contributed by atoms with E-state index in [0.29, 0.717) is 18.3 Å². The van der Waals surface area contributed by atoms with E-state index >= 15 is 0 Å². The highest BCUT2D eigenvalue weighted by Crippen LogP contribution is 2.32. The fraction of sp³-hybridized carbons (Fsp3) is 0.368. The summed E-state index contributed by atoms with van der Waals surface area (Å²) in [4.78, 5) is 30.6. The van der Waals surface area contributed by atoms with Gasteiger partial charge in [-0.1, -0.05) is 11.3 Å². The minimum atomic E-state index is -0.663. The third kappa shape index (κ3) is 4.90. The van der Waals surface area contributed by atoms with E-state index in [2.05, 4.69) is 4.98 Å². The fourth-order valence-electron chi connectivity index (χ4n) is 2.81. The van der Waals surface area contributed by atoms with Crippen molar-refractivity contribution in [3.63, 3.8) is 0 Å². The summed E-state index contributed by atoms with van der Waals surface area (Å²) in [6.07, 6.45) is 0.747. The fourth-order valence-corrected chi connectivity index (χ4v) is 3.83. The Hall–Kier alpha value is -2.98. The standard InChI is InChI=1S/C19H22N4O5S/c1-4-27-13-6-7-14-16(12-13)29-19(20-14)22(11-5-10-21(2)3)18(24)15-8-9-17(28-15)23(25)26/h6-9,12H,4-5,10-11H2,1-3H3/p+1. The molecule has 2 aromatic heterocycles. The molecule has 1 aromatic carbocycles. The van der Waals surface area contributed by atoms with E-state index < -0.39 is 16.7 Å². The first-order valence-corrected chi connectivity index (χ1v) is 10.1. The lowest BCUT2D eigenvalue weighted by Gasteiger charge is -2.19. The number of carbonyl (C=O) groups is 1. The number of thiazole rings is 1. The Morgan fingerprint density at radius 2 is 2.14 bits per heavy atom. The number of quaternary nitrogens is 1. The summed E-state index contributed by atoms with van der Waals surface area (Å²) in [6.45, 7) is 3.77. The summed E-state index contributed by atoms with van der Waals surface area (Å²) in [6, 6.07) is 8.09. The van der Waals surface area contributed by atoms with Crippen LogP contribution >= 0.6 is 11.3 Å². The zero-order chi connectivity index (χ0) is 21.0. The Morgan fingerprint density at radius 1 is 1.34 bits per heavy atom. The third-order valence-electron chi connectivity index (χ3n) is 4.18.